The third-order valence-corrected chi connectivity index (χ3v) is 4.74. The highest BCUT2D eigenvalue weighted by molar-refractivity contribution is 6.32. The van der Waals surface area contributed by atoms with Crippen LogP contribution in [-0.4, -0.2) is 43.0 Å². The second-order valence-corrected chi connectivity index (χ2v) is 7.10. The van der Waals surface area contributed by atoms with Gasteiger partial charge in [0.05, 0.1) is 25.9 Å². The molecule has 0 saturated carbocycles. The van der Waals surface area contributed by atoms with Gasteiger partial charge in [0.15, 0.2) is 23.2 Å². The zero-order valence-electron chi connectivity index (χ0n) is 17.8. The normalized spacial score (nSPS) is 16.3. The van der Waals surface area contributed by atoms with Gasteiger partial charge in [-0.25, -0.2) is 0 Å². The van der Waals surface area contributed by atoms with Crippen molar-refractivity contribution >= 4 is 23.7 Å². The number of amides is 1. The number of nitrogens with zero attached hydrogens (tertiary/aromatic N) is 2. The number of carbonyl (C=O) groups excluding carboxylic acids is 1. The molecule has 4 rings (SSSR count). The summed E-state index contributed by atoms with van der Waals surface area (Å²) in [7, 11) is 1.55. The van der Waals surface area contributed by atoms with Crippen molar-refractivity contribution in [1.82, 2.24) is 5.06 Å². The molecule has 32 heavy (non-hydrogen) atoms. The van der Waals surface area contributed by atoms with Crippen LogP contribution in [0.2, 0.25) is 0 Å². The molecule has 8 heteroatoms. The molecule has 1 amide bonds. The Labute approximate surface area is 185 Å². The first-order chi connectivity index (χ1) is 15.5. The van der Waals surface area contributed by atoms with Crippen molar-refractivity contribution in [3.05, 3.63) is 71.5 Å². The number of para-hydroxylation sites is 1. The molecule has 0 fully saturated rings. The van der Waals surface area contributed by atoms with Crippen LogP contribution in [0.3, 0.4) is 0 Å². The Kier molecular flexibility index (Phi) is 6.21. The number of amidine groups is 2. The molecule has 0 spiro atoms. The number of benzene rings is 2. The van der Waals surface area contributed by atoms with E-state index in [1.165, 1.54) is 5.06 Å². The number of ether oxygens (including phenoxy) is 3. The number of hydroxylamine groups is 2. The number of methoxy groups -OCH3 is 1. The molecule has 0 bridgehead atoms. The first-order valence-corrected chi connectivity index (χ1v) is 10.1. The van der Waals surface area contributed by atoms with Gasteiger partial charge in [-0.2, -0.15) is 4.99 Å². The van der Waals surface area contributed by atoms with E-state index < -0.39 is 5.91 Å². The first-order valence-electron chi connectivity index (χ1n) is 10.1. The summed E-state index contributed by atoms with van der Waals surface area (Å²) < 4.78 is 16.9. The van der Waals surface area contributed by atoms with Crippen LogP contribution >= 0.6 is 0 Å². The highest BCUT2D eigenvalue weighted by atomic mass is 16.7. The topological polar surface area (TPSA) is 93.4 Å². The summed E-state index contributed by atoms with van der Waals surface area (Å²) in [5.74, 6) is 2.26. The van der Waals surface area contributed by atoms with E-state index >= 15 is 0 Å². The smallest absolute Gasteiger partial charge is 0.282 e. The molecule has 8 nitrogen and oxygen atoms in total. The fourth-order valence-electron chi connectivity index (χ4n) is 3.21. The molecular weight excluding hydrogens is 410 g/mol. The van der Waals surface area contributed by atoms with Crippen LogP contribution in [0.15, 0.2) is 70.9 Å². The molecule has 2 aliphatic rings. The predicted octanol–water partition coefficient (Wildman–Crippen LogP) is 3.99. The zero-order valence-corrected chi connectivity index (χ0v) is 17.8. The zero-order chi connectivity index (χ0) is 22.5. The number of hydrogen-bond acceptors (Lipinski definition) is 6. The van der Waals surface area contributed by atoms with E-state index in [4.69, 9.17) is 24.5 Å². The van der Waals surface area contributed by atoms with Crippen molar-refractivity contribution in [2.75, 3.05) is 20.3 Å². The van der Waals surface area contributed by atoms with Crippen molar-refractivity contribution < 1.29 is 23.8 Å². The summed E-state index contributed by atoms with van der Waals surface area (Å²) in [5, 5.41) is 9.54. The number of rotatable bonds is 8. The number of allylic oxidation sites excluding steroid dienone is 1. The third kappa shape index (κ3) is 4.64. The van der Waals surface area contributed by atoms with E-state index in [-0.39, 0.29) is 11.4 Å². The number of carbonyl (C=O) groups is 1. The predicted molar refractivity (Wildman–Crippen MR) is 120 cm³/mol. The lowest BCUT2D eigenvalue weighted by molar-refractivity contribution is -0.114. The van der Waals surface area contributed by atoms with Gasteiger partial charge in [-0.3, -0.25) is 10.2 Å². The molecule has 2 aromatic rings. The lowest BCUT2D eigenvalue weighted by atomic mass is 10.1. The molecule has 0 unspecified atom stereocenters. The van der Waals surface area contributed by atoms with Crippen molar-refractivity contribution in [1.29, 1.82) is 5.41 Å². The average molecular weight is 433 g/mol. The Bertz CT molecular complexity index is 1120. The average Bonchev–Trinajstić information content (AvgIpc) is 3.17. The Morgan fingerprint density at radius 2 is 1.88 bits per heavy atom. The summed E-state index contributed by atoms with van der Waals surface area (Å²) in [6.07, 6.45) is 3.91. The molecule has 0 aliphatic carbocycles. The van der Waals surface area contributed by atoms with E-state index in [0.29, 0.717) is 48.3 Å². The minimum Gasteiger partial charge on any atom is -0.493 e. The van der Waals surface area contributed by atoms with E-state index in [1.54, 1.807) is 44.4 Å². The number of hydrogen-bond donors (Lipinski definition) is 1. The molecule has 2 heterocycles. The lowest BCUT2D eigenvalue weighted by Gasteiger charge is -2.23. The quantitative estimate of drug-likeness (QED) is 0.500. The summed E-state index contributed by atoms with van der Waals surface area (Å²) in [4.78, 5) is 21.8. The summed E-state index contributed by atoms with van der Waals surface area (Å²) in [6.45, 7) is 2.73. The van der Waals surface area contributed by atoms with Crippen molar-refractivity contribution in [2.45, 2.75) is 13.3 Å². The maximum Gasteiger partial charge on any atom is 0.282 e. The Balaban J connectivity index is 1.39. The van der Waals surface area contributed by atoms with Gasteiger partial charge in [0.2, 0.25) is 0 Å². The highest BCUT2D eigenvalue weighted by Gasteiger charge is 2.34. The van der Waals surface area contributed by atoms with Gasteiger partial charge in [-0.15, -0.1) is 5.06 Å². The molecular formula is C24H23N3O5. The summed E-state index contributed by atoms with van der Waals surface area (Å²) >= 11 is 0. The van der Waals surface area contributed by atoms with Crippen LogP contribution in [-0.2, 0) is 9.63 Å². The maximum atomic E-state index is 12.4. The lowest BCUT2D eigenvalue weighted by Crippen LogP contribution is -2.38. The molecule has 2 aliphatic heterocycles. The largest absolute Gasteiger partial charge is 0.493 e. The first kappa shape index (κ1) is 21.2. The SMILES string of the molecule is COc1cc(/C=C2/C(=N)N3OC(C)=CC3=NC2=O)ccc1OCCCOc1ccccc1. The number of aliphatic imine (C=N–C) groups is 1. The minimum absolute atomic E-state index is 0.0641. The second-order valence-electron chi connectivity index (χ2n) is 7.10. The fourth-order valence-corrected chi connectivity index (χ4v) is 3.21. The van der Waals surface area contributed by atoms with Crippen LogP contribution in [0.1, 0.15) is 18.9 Å². The monoisotopic (exact) mass is 433 g/mol. The maximum absolute atomic E-state index is 12.4. The summed E-state index contributed by atoms with van der Waals surface area (Å²) in [6, 6.07) is 14.9. The van der Waals surface area contributed by atoms with Gasteiger partial charge in [-0.05, 0) is 42.8 Å². The van der Waals surface area contributed by atoms with E-state index in [9.17, 15) is 4.79 Å². The number of nitrogens with one attached hydrogen (secondary N) is 1. The van der Waals surface area contributed by atoms with Crippen molar-refractivity contribution in [3.8, 4) is 17.2 Å². The molecule has 0 radical (unpaired) electrons. The van der Waals surface area contributed by atoms with E-state index in [2.05, 4.69) is 4.99 Å². The Hall–Kier alpha value is -4.07. The standard InChI is InChI=1S/C24H23N3O5/c1-16-13-22-26-24(28)19(23(25)27(22)32-16)14-17-9-10-20(21(15-17)29-2)31-12-6-11-30-18-7-4-3-5-8-18/h3-5,7-10,13-15,25H,6,11-12H2,1-2H3/b19-14-,25-23?. The molecule has 164 valence electrons. The molecule has 0 atom stereocenters. The molecule has 0 saturated heterocycles. The van der Waals surface area contributed by atoms with E-state index in [0.717, 1.165) is 5.75 Å². The Morgan fingerprint density at radius 3 is 2.66 bits per heavy atom. The summed E-state index contributed by atoms with van der Waals surface area (Å²) in [5.41, 5.74) is 0.808. The van der Waals surface area contributed by atoms with Crippen LogP contribution < -0.4 is 14.2 Å². The van der Waals surface area contributed by atoms with Crippen molar-refractivity contribution in [2.24, 2.45) is 4.99 Å². The van der Waals surface area contributed by atoms with Gasteiger partial charge in [0.25, 0.3) is 5.91 Å². The van der Waals surface area contributed by atoms with E-state index in [1.807, 2.05) is 30.3 Å². The van der Waals surface area contributed by atoms with Gasteiger partial charge >= 0.3 is 0 Å². The Morgan fingerprint density at radius 1 is 1.09 bits per heavy atom. The molecule has 2 aromatic carbocycles. The van der Waals surface area contributed by atoms with Crippen LogP contribution in [0.4, 0.5) is 0 Å². The van der Waals surface area contributed by atoms with Gasteiger partial charge in [0.1, 0.15) is 11.5 Å². The van der Waals surface area contributed by atoms with Gasteiger partial charge < -0.3 is 19.0 Å². The van der Waals surface area contributed by atoms with Gasteiger partial charge in [0, 0.05) is 12.5 Å². The third-order valence-electron chi connectivity index (χ3n) is 4.74. The van der Waals surface area contributed by atoms with Crippen LogP contribution in [0.25, 0.3) is 6.08 Å². The van der Waals surface area contributed by atoms with Gasteiger partial charge in [-0.1, -0.05) is 24.3 Å². The minimum atomic E-state index is -0.492. The molecule has 0 aromatic heterocycles. The molecule has 1 N–H and O–H groups in total. The highest BCUT2D eigenvalue weighted by Crippen LogP contribution is 2.30. The second kappa shape index (κ2) is 9.38. The number of fused-ring (bicyclic) bond motifs is 1. The van der Waals surface area contributed by atoms with Crippen molar-refractivity contribution in [3.63, 3.8) is 0 Å². The van der Waals surface area contributed by atoms with Crippen LogP contribution in [0.5, 0.6) is 17.2 Å². The fraction of sp³-hybridized carbons (Fsp3) is 0.208. The van der Waals surface area contributed by atoms with Crippen LogP contribution in [0, 0.1) is 5.41 Å².